The number of allylic oxidation sites excluding steroid dienone is 2. The predicted octanol–water partition coefficient (Wildman–Crippen LogP) is 5.13. The fourth-order valence-electron chi connectivity index (χ4n) is 3.08. The van der Waals surface area contributed by atoms with Crippen LogP contribution < -0.4 is 0 Å². The van der Waals surface area contributed by atoms with Crippen molar-refractivity contribution in [3.63, 3.8) is 0 Å². The zero-order chi connectivity index (χ0) is 20.9. The van der Waals surface area contributed by atoms with Crippen molar-refractivity contribution in [2.24, 2.45) is 5.16 Å². The van der Waals surface area contributed by atoms with Gasteiger partial charge in [0, 0.05) is 12.0 Å². The van der Waals surface area contributed by atoms with E-state index in [1.54, 1.807) is 0 Å². The molecule has 0 saturated heterocycles. The number of aryl methyl sites for hydroxylation is 1. The molecule has 150 valence electrons. The molecule has 0 fully saturated rings. The lowest BCUT2D eigenvalue weighted by atomic mass is 9.83. The van der Waals surface area contributed by atoms with Gasteiger partial charge in [-0.25, -0.2) is 9.18 Å². The first-order valence-corrected chi connectivity index (χ1v) is 8.81. The predicted molar refractivity (Wildman–Crippen MR) is 95.7 cm³/mol. The molecule has 1 aliphatic heterocycles. The summed E-state index contributed by atoms with van der Waals surface area (Å²) in [5.41, 5.74) is -2.67. The monoisotopic (exact) mass is 437 g/mol. The molecule has 1 aromatic carbocycles. The van der Waals surface area contributed by atoms with Crippen molar-refractivity contribution < 1.29 is 32.3 Å². The molecule has 1 aliphatic carbocycles. The van der Waals surface area contributed by atoms with E-state index in [0.717, 1.165) is 12.2 Å². The molecular weight excluding hydrogens is 425 g/mol. The van der Waals surface area contributed by atoms with Crippen LogP contribution in [-0.2, 0) is 4.84 Å². The Balaban J connectivity index is 1.99. The second-order valence-corrected chi connectivity index (χ2v) is 7.40. The number of alkyl halides is 5. The zero-order valence-corrected chi connectivity index (χ0v) is 15.7. The third kappa shape index (κ3) is 3.39. The summed E-state index contributed by atoms with van der Waals surface area (Å²) in [5, 5.41) is 10.8. The van der Waals surface area contributed by atoms with Crippen LogP contribution in [0.15, 0.2) is 46.1 Å². The van der Waals surface area contributed by atoms with Gasteiger partial charge in [0.15, 0.2) is 6.17 Å². The number of carboxylic acid groups (broad SMARTS) is 1. The number of carboxylic acids is 1. The molecule has 1 heterocycles. The van der Waals surface area contributed by atoms with E-state index < -0.39 is 46.3 Å². The molecule has 1 aromatic rings. The Morgan fingerprint density at radius 3 is 2.61 bits per heavy atom. The molecule has 3 rings (SSSR count). The minimum atomic E-state index is -4.90. The van der Waals surface area contributed by atoms with Gasteiger partial charge >= 0.3 is 12.1 Å². The summed E-state index contributed by atoms with van der Waals surface area (Å²) >= 11 is 11.5. The minimum absolute atomic E-state index is 0.0222. The third-order valence-electron chi connectivity index (χ3n) is 4.62. The van der Waals surface area contributed by atoms with E-state index in [1.807, 2.05) is 0 Å². The third-order valence-corrected chi connectivity index (χ3v) is 5.28. The van der Waals surface area contributed by atoms with Gasteiger partial charge in [-0.2, -0.15) is 13.2 Å². The van der Waals surface area contributed by atoms with Gasteiger partial charge in [-0.15, -0.1) is 11.6 Å². The highest BCUT2D eigenvalue weighted by atomic mass is 35.5. The first-order chi connectivity index (χ1) is 13.0. The molecule has 0 spiro atoms. The van der Waals surface area contributed by atoms with Gasteiger partial charge in [0.1, 0.15) is 0 Å². The Morgan fingerprint density at radius 2 is 2.07 bits per heavy atom. The quantitative estimate of drug-likeness (QED) is 0.526. The second kappa shape index (κ2) is 7.08. The van der Waals surface area contributed by atoms with Crippen LogP contribution in [0, 0.1) is 6.92 Å². The largest absolute Gasteiger partial charge is 0.478 e. The van der Waals surface area contributed by atoms with Gasteiger partial charge in [0.25, 0.3) is 5.60 Å². The van der Waals surface area contributed by atoms with Crippen molar-refractivity contribution in [1.82, 2.24) is 0 Å². The number of hydrogen-bond acceptors (Lipinski definition) is 3. The molecule has 1 N–H and O–H groups in total. The van der Waals surface area contributed by atoms with Gasteiger partial charge in [0.05, 0.1) is 21.7 Å². The van der Waals surface area contributed by atoms with Crippen molar-refractivity contribution >= 4 is 34.9 Å². The molecule has 0 bridgehead atoms. The van der Waals surface area contributed by atoms with Crippen molar-refractivity contribution in [3.05, 3.63) is 57.6 Å². The Bertz CT molecular complexity index is 926. The van der Waals surface area contributed by atoms with Crippen molar-refractivity contribution in [2.75, 3.05) is 0 Å². The van der Waals surface area contributed by atoms with Crippen LogP contribution in [0.5, 0.6) is 0 Å². The fraction of sp³-hybridized carbons (Fsp3) is 0.333. The Hall–Kier alpha value is -2.06. The van der Waals surface area contributed by atoms with Gasteiger partial charge < -0.3 is 9.94 Å². The molecule has 10 heteroatoms. The van der Waals surface area contributed by atoms with E-state index in [9.17, 15) is 22.4 Å². The maximum atomic E-state index is 14.0. The SMILES string of the molecule is Cc1cc(C2=NOC(C3=CC(Cl)C(F)C(Cl)=C3)(C(F)(F)F)C2)ccc1C(=O)O. The highest BCUT2D eigenvalue weighted by molar-refractivity contribution is 6.32. The lowest BCUT2D eigenvalue weighted by Crippen LogP contribution is -2.48. The van der Waals surface area contributed by atoms with E-state index in [1.165, 1.54) is 25.1 Å². The average molecular weight is 438 g/mol. The van der Waals surface area contributed by atoms with Crippen LogP contribution in [0.4, 0.5) is 17.6 Å². The first-order valence-electron chi connectivity index (χ1n) is 8.00. The Labute approximate surface area is 167 Å². The summed E-state index contributed by atoms with van der Waals surface area (Å²) in [4.78, 5) is 16.0. The second-order valence-electron chi connectivity index (χ2n) is 6.46. The smallest absolute Gasteiger partial charge is 0.435 e. The summed E-state index contributed by atoms with van der Waals surface area (Å²) in [5.74, 6) is -1.15. The van der Waals surface area contributed by atoms with E-state index in [2.05, 4.69) is 5.16 Å². The number of benzene rings is 1. The van der Waals surface area contributed by atoms with Gasteiger partial charge in [-0.05, 0) is 36.3 Å². The van der Waals surface area contributed by atoms with E-state index in [0.29, 0.717) is 5.56 Å². The van der Waals surface area contributed by atoms with Crippen LogP contribution in [-0.4, -0.2) is 40.1 Å². The lowest BCUT2D eigenvalue weighted by Gasteiger charge is -2.32. The summed E-state index contributed by atoms with van der Waals surface area (Å²) < 4.78 is 55.7. The molecule has 0 aromatic heterocycles. The number of nitrogens with zero attached hydrogens (tertiary/aromatic N) is 1. The number of rotatable bonds is 3. The standard InChI is InChI=1S/C18H13Cl2F4NO3/c1-8-4-9(2-3-11(8)16(26)27)14-7-17(28-25-14,18(22,23)24)10-5-12(19)15(21)13(20)6-10/h2-6,12,15H,7H2,1H3,(H,26,27). The molecule has 0 radical (unpaired) electrons. The van der Waals surface area contributed by atoms with Crippen LogP contribution in [0.25, 0.3) is 0 Å². The number of aromatic carboxylic acids is 1. The highest BCUT2D eigenvalue weighted by Crippen LogP contribution is 2.48. The van der Waals surface area contributed by atoms with Gasteiger partial charge in [-0.1, -0.05) is 28.9 Å². The molecular formula is C18H13Cl2F4NO3. The number of halogens is 6. The van der Waals surface area contributed by atoms with E-state index in [-0.39, 0.29) is 16.8 Å². The molecule has 4 nitrogen and oxygen atoms in total. The molecule has 28 heavy (non-hydrogen) atoms. The zero-order valence-electron chi connectivity index (χ0n) is 14.2. The topological polar surface area (TPSA) is 58.9 Å². The lowest BCUT2D eigenvalue weighted by molar-refractivity contribution is -0.252. The first kappa shape index (κ1) is 20.7. The number of hydrogen-bond donors (Lipinski definition) is 1. The normalized spacial score (nSPS) is 27.6. The van der Waals surface area contributed by atoms with Crippen LogP contribution in [0.2, 0.25) is 0 Å². The van der Waals surface area contributed by atoms with Crippen LogP contribution >= 0.6 is 23.2 Å². The maximum Gasteiger partial charge on any atom is 0.435 e. The van der Waals surface area contributed by atoms with E-state index in [4.69, 9.17) is 33.1 Å². The molecule has 3 atom stereocenters. The van der Waals surface area contributed by atoms with Crippen molar-refractivity contribution in [3.8, 4) is 0 Å². The van der Waals surface area contributed by atoms with Crippen molar-refractivity contribution in [1.29, 1.82) is 0 Å². The van der Waals surface area contributed by atoms with Gasteiger partial charge in [-0.3, -0.25) is 0 Å². The summed E-state index contributed by atoms with van der Waals surface area (Å²) in [6.45, 7) is 1.52. The molecule has 2 aliphatic rings. The number of carbonyl (C=O) groups is 1. The summed E-state index contributed by atoms with van der Waals surface area (Å²) in [6, 6.07) is 4.05. The van der Waals surface area contributed by atoms with Gasteiger partial charge in [0.2, 0.25) is 0 Å². The summed E-state index contributed by atoms with van der Waals surface area (Å²) in [7, 11) is 0. The van der Waals surface area contributed by atoms with E-state index >= 15 is 0 Å². The van der Waals surface area contributed by atoms with Crippen LogP contribution in [0.1, 0.15) is 27.9 Å². The molecule has 3 unspecified atom stereocenters. The maximum absolute atomic E-state index is 14.0. The molecule has 0 amide bonds. The minimum Gasteiger partial charge on any atom is -0.478 e. The summed E-state index contributed by atoms with van der Waals surface area (Å²) in [6.07, 6.45) is -5.63. The Morgan fingerprint density at radius 1 is 1.39 bits per heavy atom. The molecule has 0 saturated carbocycles. The van der Waals surface area contributed by atoms with Crippen LogP contribution in [0.3, 0.4) is 0 Å². The van der Waals surface area contributed by atoms with Crippen molar-refractivity contribution in [2.45, 2.75) is 36.7 Å². The Kier molecular flexibility index (Phi) is 5.22. The highest BCUT2D eigenvalue weighted by Gasteiger charge is 2.63. The number of oxime groups is 1. The average Bonchev–Trinajstić information content (AvgIpc) is 3.05. The fourth-order valence-corrected chi connectivity index (χ4v) is 3.67.